The largest absolute Gasteiger partial charge is 0.325 e. The molecule has 2 aromatic rings. The number of hydrogen-bond donors (Lipinski definition) is 3. The average molecular weight is 292 g/mol. The van der Waals surface area contributed by atoms with Gasteiger partial charge in [0.2, 0.25) is 11.7 Å². The second-order valence-corrected chi connectivity index (χ2v) is 5.18. The van der Waals surface area contributed by atoms with Crippen LogP contribution in [0.15, 0.2) is 24.3 Å². The van der Waals surface area contributed by atoms with Crippen molar-refractivity contribution in [2.45, 2.75) is 12.5 Å². The molecule has 0 aliphatic carbocycles. The summed E-state index contributed by atoms with van der Waals surface area (Å²) in [5.74, 6) is 1.21. The molecule has 106 valence electrons. The number of carbonyl (C=O) groups excluding carboxylic acids is 1. The molecule has 0 bridgehead atoms. The second-order valence-electron chi connectivity index (χ2n) is 4.19. The van der Waals surface area contributed by atoms with Gasteiger partial charge in [-0.15, -0.1) is 10.2 Å². The Kier molecular flexibility index (Phi) is 5.08. The van der Waals surface area contributed by atoms with Crippen LogP contribution in [0.2, 0.25) is 0 Å². The molecule has 0 aliphatic rings. The van der Waals surface area contributed by atoms with Crippen LogP contribution in [0.25, 0.3) is 11.4 Å². The van der Waals surface area contributed by atoms with Crippen molar-refractivity contribution in [2.75, 3.05) is 17.3 Å². The summed E-state index contributed by atoms with van der Waals surface area (Å²) in [5.41, 5.74) is 7.32. The first-order valence-corrected chi connectivity index (χ1v) is 7.49. The molecule has 1 aromatic carbocycles. The Morgan fingerprint density at radius 3 is 2.80 bits per heavy atom. The van der Waals surface area contributed by atoms with E-state index in [0.717, 1.165) is 11.3 Å². The maximum absolute atomic E-state index is 11.8. The van der Waals surface area contributed by atoms with Gasteiger partial charge in [0, 0.05) is 11.3 Å². The number of nitrogens with one attached hydrogen (secondary N) is 2. The fourth-order valence-electron chi connectivity index (χ4n) is 1.60. The Morgan fingerprint density at radius 1 is 1.45 bits per heavy atom. The van der Waals surface area contributed by atoms with E-state index < -0.39 is 6.04 Å². The number of benzene rings is 1. The van der Waals surface area contributed by atoms with Crippen molar-refractivity contribution in [3.8, 4) is 11.4 Å². The monoisotopic (exact) mass is 292 g/mol. The van der Waals surface area contributed by atoms with Crippen LogP contribution in [0.1, 0.15) is 6.42 Å². The van der Waals surface area contributed by atoms with E-state index in [4.69, 9.17) is 5.73 Å². The van der Waals surface area contributed by atoms with Crippen molar-refractivity contribution in [1.82, 2.24) is 20.6 Å². The van der Waals surface area contributed by atoms with Crippen LogP contribution in [0, 0.1) is 0 Å². The summed E-state index contributed by atoms with van der Waals surface area (Å²) >= 11 is 1.67. The summed E-state index contributed by atoms with van der Waals surface area (Å²) in [7, 11) is 0. The molecule has 0 saturated carbocycles. The van der Waals surface area contributed by atoms with Crippen molar-refractivity contribution in [1.29, 1.82) is 0 Å². The summed E-state index contributed by atoms with van der Waals surface area (Å²) in [4.78, 5) is 11.8. The van der Waals surface area contributed by atoms with Gasteiger partial charge in [-0.25, -0.2) is 0 Å². The van der Waals surface area contributed by atoms with Crippen LogP contribution in [-0.2, 0) is 4.79 Å². The van der Waals surface area contributed by atoms with Gasteiger partial charge in [0.15, 0.2) is 0 Å². The highest BCUT2D eigenvalue weighted by Crippen LogP contribution is 2.17. The number of nitrogens with zero attached hydrogens (tertiary/aromatic N) is 3. The highest BCUT2D eigenvalue weighted by atomic mass is 32.2. The van der Waals surface area contributed by atoms with Gasteiger partial charge in [0.05, 0.1) is 6.04 Å². The van der Waals surface area contributed by atoms with Crippen LogP contribution < -0.4 is 11.1 Å². The molecule has 2 rings (SSSR count). The van der Waals surface area contributed by atoms with Gasteiger partial charge in [-0.3, -0.25) is 4.79 Å². The maximum Gasteiger partial charge on any atom is 0.241 e. The van der Waals surface area contributed by atoms with Gasteiger partial charge < -0.3 is 11.1 Å². The summed E-state index contributed by atoms with van der Waals surface area (Å²) in [6.45, 7) is 0. The minimum atomic E-state index is -0.487. The predicted molar refractivity (Wildman–Crippen MR) is 79.2 cm³/mol. The Hall–Kier alpha value is -1.93. The molecule has 0 aliphatic heterocycles. The quantitative estimate of drug-likeness (QED) is 0.729. The Bertz CT molecular complexity index is 542. The van der Waals surface area contributed by atoms with E-state index in [1.54, 1.807) is 23.9 Å². The Labute approximate surface area is 120 Å². The van der Waals surface area contributed by atoms with E-state index in [2.05, 4.69) is 25.9 Å². The molecule has 1 aromatic heterocycles. The molecule has 1 amide bonds. The number of aromatic amines is 1. The topological polar surface area (TPSA) is 110 Å². The number of anilines is 1. The molecule has 8 heteroatoms. The molecule has 7 nitrogen and oxygen atoms in total. The van der Waals surface area contributed by atoms with E-state index >= 15 is 0 Å². The molecule has 0 spiro atoms. The van der Waals surface area contributed by atoms with Crippen LogP contribution in [0.4, 0.5) is 5.69 Å². The molecule has 1 heterocycles. The minimum absolute atomic E-state index is 0.175. The van der Waals surface area contributed by atoms with Gasteiger partial charge in [-0.1, -0.05) is 0 Å². The number of hydrogen-bond acceptors (Lipinski definition) is 6. The lowest BCUT2D eigenvalue weighted by atomic mass is 10.2. The van der Waals surface area contributed by atoms with Crippen LogP contribution in [0.3, 0.4) is 0 Å². The molecule has 20 heavy (non-hydrogen) atoms. The third kappa shape index (κ3) is 3.78. The van der Waals surface area contributed by atoms with E-state index in [0.29, 0.717) is 17.9 Å². The zero-order valence-corrected chi connectivity index (χ0v) is 11.9. The molecule has 0 radical (unpaired) electrons. The smallest absolute Gasteiger partial charge is 0.241 e. The van der Waals surface area contributed by atoms with Crippen molar-refractivity contribution < 1.29 is 4.79 Å². The predicted octanol–water partition coefficient (Wildman–Crippen LogP) is 0.886. The lowest BCUT2D eigenvalue weighted by Crippen LogP contribution is -2.36. The third-order valence-corrected chi connectivity index (χ3v) is 3.37. The summed E-state index contributed by atoms with van der Waals surface area (Å²) in [6.07, 6.45) is 2.65. The SMILES string of the molecule is CSCCC(N)C(=O)Nc1ccc(-c2nn[nH]n2)cc1. The first-order chi connectivity index (χ1) is 9.70. The van der Waals surface area contributed by atoms with Crippen molar-refractivity contribution in [3.63, 3.8) is 0 Å². The van der Waals surface area contributed by atoms with Crippen LogP contribution in [-0.4, -0.2) is 44.6 Å². The Balaban J connectivity index is 1.95. The number of H-pyrrole nitrogens is 1. The molecule has 4 N–H and O–H groups in total. The van der Waals surface area contributed by atoms with E-state index in [1.165, 1.54) is 0 Å². The first kappa shape index (κ1) is 14.5. The lowest BCUT2D eigenvalue weighted by Gasteiger charge is -2.11. The molecular weight excluding hydrogens is 276 g/mol. The van der Waals surface area contributed by atoms with Crippen LogP contribution >= 0.6 is 11.8 Å². The van der Waals surface area contributed by atoms with Crippen molar-refractivity contribution >= 4 is 23.4 Å². The van der Waals surface area contributed by atoms with Gasteiger partial charge in [-0.2, -0.15) is 17.0 Å². The van der Waals surface area contributed by atoms with Gasteiger partial charge in [0.1, 0.15) is 0 Å². The molecule has 1 unspecified atom stereocenters. The van der Waals surface area contributed by atoms with Gasteiger partial charge in [-0.05, 0) is 47.9 Å². The minimum Gasteiger partial charge on any atom is -0.325 e. The fraction of sp³-hybridized carbons (Fsp3) is 0.333. The zero-order chi connectivity index (χ0) is 14.4. The van der Waals surface area contributed by atoms with Gasteiger partial charge >= 0.3 is 0 Å². The van der Waals surface area contributed by atoms with Crippen LogP contribution in [0.5, 0.6) is 0 Å². The van der Waals surface area contributed by atoms with Crippen molar-refractivity contribution in [3.05, 3.63) is 24.3 Å². The van der Waals surface area contributed by atoms with Crippen molar-refractivity contribution in [2.24, 2.45) is 5.73 Å². The summed E-state index contributed by atoms with van der Waals surface area (Å²) in [5, 5.41) is 16.4. The number of amides is 1. The number of aromatic nitrogens is 4. The summed E-state index contributed by atoms with van der Waals surface area (Å²) in [6, 6.07) is 6.71. The van der Waals surface area contributed by atoms with Gasteiger partial charge in [0.25, 0.3) is 0 Å². The fourth-order valence-corrected chi connectivity index (χ4v) is 2.09. The molecular formula is C12H16N6OS. The normalized spacial score (nSPS) is 12.1. The standard InChI is InChI=1S/C12H16N6OS/c1-20-7-6-10(13)12(19)14-9-4-2-8(3-5-9)11-15-17-18-16-11/h2-5,10H,6-7,13H2,1H3,(H,14,19)(H,15,16,17,18). The lowest BCUT2D eigenvalue weighted by molar-refractivity contribution is -0.117. The van der Waals surface area contributed by atoms with E-state index in [9.17, 15) is 4.79 Å². The highest BCUT2D eigenvalue weighted by molar-refractivity contribution is 7.98. The molecule has 0 saturated heterocycles. The van der Waals surface area contributed by atoms with E-state index in [-0.39, 0.29) is 5.91 Å². The first-order valence-electron chi connectivity index (χ1n) is 6.10. The molecule has 0 fully saturated rings. The number of tetrazole rings is 1. The zero-order valence-electron chi connectivity index (χ0n) is 11.0. The molecule has 1 atom stereocenters. The Morgan fingerprint density at radius 2 is 2.20 bits per heavy atom. The van der Waals surface area contributed by atoms with E-state index in [1.807, 2.05) is 18.4 Å². The number of nitrogens with two attached hydrogens (primary N) is 1. The second kappa shape index (κ2) is 7.01. The number of carbonyl (C=O) groups is 1. The summed E-state index contributed by atoms with van der Waals surface area (Å²) < 4.78 is 0. The maximum atomic E-state index is 11.8. The average Bonchev–Trinajstić information content (AvgIpc) is 2.99. The number of rotatable bonds is 6. The third-order valence-electron chi connectivity index (χ3n) is 2.73. The highest BCUT2D eigenvalue weighted by Gasteiger charge is 2.13. The number of thioether (sulfide) groups is 1.